The van der Waals surface area contributed by atoms with Crippen molar-refractivity contribution in [2.45, 2.75) is 70.3 Å². The van der Waals surface area contributed by atoms with E-state index < -0.39 is 12.2 Å². The van der Waals surface area contributed by atoms with E-state index in [1.54, 1.807) is 13.0 Å². The quantitative estimate of drug-likeness (QED) is 0.816. The van der Waals surface area contributed by atoms with Crippen molar-refractivity contribution in [3.63, 3.8) is 0 Å². The fraction of sp³-hybridized carbons (Fsp3) is 0.778. The summed E-state index contributed by atoms with van der Waals surface area (Å²) in [7, 11) is 0. The molecule has 1 amide bonds. The monoisotopic (exact) mass is 387 g/mol. The Morgan fingerprint density at radius 2 is 2.22 bits per heavy atom. The van der Waals surface area contributed by atoms with Gasteiger partial charge in [0.2, 0.25) is 5.91 Å². The van der Waals surface area contributed by atoms with Crippen LogP contribution in [-0.4, -0.2) is 58.5 Å². The maximum atomic E-state index is 13.4. The van der Waals surface area contributed by atoms with Gasteiger partial charge in [0.1, 0.15) is 5.82 Å². The zero-order chi connectivity index (χ0) is 19.8. The summed E-state index contributed by atoms with van der Waals surface area (Å²) in [6.45, 7) is 7.42. The van der Waals surface area contributed by atoms with Gasteiger partial charge in [0.15, 0.2) is 6.04 Å². The predicted molar refractivity (Wildman–Crippen MR) is 96.7 cm³/mol. The van der Waals surface area contributed by atoms with Crippen LogP contribution < -0.4 is 10.6 Å². The molecule has 2 aliphatic heterocycles. The highest BCUT2D eigenvalue weighted by Crippen LogP contribution is 2.40. The van der Waals surface area contributed by atoms with Crippen LogP contribution in [0.25, 0.3) is 0 Å². The molecule has 0 saturated carbocycles. The molecule has 0 unspecified atom stereocenters. The summed E-state index contributed by atoms with van der Waals surface area (Å²) >= 11 is 0. The first-order valence-corrected chi connectivity index (χ1v) is 9.61. The van der Waals surface area contributed by atoms with Crippen LogP contribution in [0.5, 0.6) is 0 Å². The van der Waals surface area contributed by atoms with Gasteiger partial charge in [-0.05, 0) is 39.7 Å². The van der Waals surface area contributed by atoms with Gasteiger partial charge in [-0.1, -0.05) is 6.92 Å². The second-order valence-electron chi connectivity index (χ2n) is 7.84. The third-order valence-electron chi connectivity index (χ3n) is 5.48. The summed E-state index contributed by atoms with van der Waals surface area (Å²) in [6, 6.07) is 0.0411. The molecule has 9 heteroatoms. The average molecular weight is 387 g/mol. The van der Waals surface area contributed by atoms with Crippen LogP contribution in [0.15, 0.2) is 6.07 Å². The molecule has 2 N–H and O–H groups in total. The Morgan fingerprint density at radius 3 is 2.89 bits per heavy atom. The van der Waals surface area contributed by atoms with E-state index >= 15 is 0 Å². The molecule has 3 heterocycles. The summed E-state index contributed by atoms with van der Waals surface area (Å²) in [4.78, 5) is 14.1. The molecule has 1 fully saturated rings. The van der Waals surface area contributed by atoms with Crippen molar-refractivity contribution in [1.29, 1.82) is 0 Å². The number of hydrogen-bond donors (Lipinski definition) is 2. The number of halogens is 3. The fourth-order valence-electron chi connectivity index (χ4n) is 3.82. The van der Waals surface area contributed by atoms with Gasteiger partial charge in [0.25, 0.3) is 0 Å². The molecule has 152 valence electrons. The fourth-order valence-corrected chi connectivity index (χ4v) is 3.82. The van der Waals surface area contributed by atoms with E-state index in [9.17, 15) is 18.0 Å². The van der Waals surface area contributed by atoms with Crippen molar-refractivity contribution in [3.8, 4) is 0 Å². The number of nitrogens with one attached hydrogen (secondary N) is 2. The minimum atomic E-state index is -4.32. The van der Waals surface area contributed by atoms with Crippen LogP contribution in [0.1, 0.15) is 57.7 Å². The van der Waals surface area contributed by atoms with Gasteiger partial charge in [0, 0.05) is 30.6 Å². The standard InChI is InChI=1S/C18H28F3N5O/c1-4-11(2)23-17(27)10-25-6-5-13(9-25)14-8-16-22-12(3)7-15(18(19,20)21)26(16)24-14/h8,11-13,15,22H,4-7,9-10H2,1-3H3,(H,23,27)/t11-,12+,13-,15+/m0/s1. The van der Waals surface area contributed by atoms with Gasteiger partial charge in [-0.25, -0.2) is 4.68 Å². The highest BCUT2D eigenvalue weighted by Gasteiger charge is 2.46. The lowest BCUT2D eigenvalue weighted by molar-refractivity contribution is -0.173. The predicted octanol–water partition coefficient (Wildman–Crippen LogP) is 2.89. The Kier molecular flexibility index (Phi) is 5.69. The average Bonchev–Trinajstić information content (AvgIpc) is 3.19. The lowest BCUT2D eigenvalue weighted by Gasteiger charge is -2.31. The van der Waals surface area contributed by atoms with E-state index in [0.29, 0.717) is 24.6 Å². The van der Waals surface area contributed by atoms with Crippen LogP contribution in [0, 0.1) is 0 Å². The molecule has 6 nitrogen and oxygen atoms in total. The number of amides is 1. The third-order valence-corrected chi connectivity index (χ3v) is 5.48. The molecule has 2 aliphatic rings. The number of carbonyl (C=O) groups is 1. The maximum Gasteiger partial charge on any atom is 0.410 e. The highest BCUT2D eigenvalue weighted by molar-refractivity contribution is 5.78. The van der Waals surface area contributed by atoms with Crippen molar-refractivity contribution in [3.05, 3.63) is 11.8 Å². The van der Waals surface area contributed by atoms with Crippen LogP contribution >= 0.6 is 0 Å². The third kappa shape index (κ3) is 4.56. The molecule has 4 atom stereocenters. The van der Waals surface area contributed by atoms with Crippen LogP contribution in [0.4, 0.5) is 19.0 Å². The lowest BCUT2D eigenvalue weighted by Crippen LogP contribution is -2.40. The number of aromatic nitrogens is 2. The summed E-state index contributed by atoms with van der Waals surface area (Å²) in [5.41, 5.74) is 0.672. The van der Waals surface area contributed by atoms with Gasteiger partial charge in [-0.3, -0.25) is 9.69 Å². The van der Waals surface area contributed by atoms with E-state index in [4.69, 9.17) is 0 Å². The van der Waals surface area contributed by atoms with Crippen LogP contribution in [-0.2, 0) is 4.79 Å². The Labute approximate surface area is 157 Å². The molecule has 0 aromatic carbocycles. The number of carbonyl (C=O) groups excluding carboxylic acids is 1. The molecule has 27 heavy (non-hydrogen) atoms. The van der Waals surface area contributed by atoms with Gasteiger partial charge >= 0.3 is 6.18 Å². The topological polar surface area (TPSA) is 62.2 Å². The molecular formula is C18H28F3N5O. The smallest absolute Gasteiger partial charge is 0.368 e. The zero-order valence-electron chi connectivity index (χ0n) is 16.0. The number of alkyl halides is 3. The van der Waals surface area contributed by atoms with E-state index in [-0.39, 0.29) is 30.3 Å². The second kappa shape index (κ2) is 7.69. The van der Waals surface area contributed by atoms with Crippen LogP contribution in [0.3, 0.4) is 0 Å². The largest absolute Gasteiger partial charge is 0.410 e. The van der Waals surface area contributed by atoms with Crippen molar-refractivity contribution in [2.24, 2.45) is 0 Å². The normalized spacial score (nSPS) is 27.1. The Bertz CT molecular complexity index is 674. The van der Waals surface area contributed by atoms with Gasteiger partial charge in [-0.2, -0.15) is 18.3 Å². The van der Waals surface area contributed by atoms with E-state index in [2.05, 4.69) is 15.7 Å². The molecule has 0 aliphatic carbocycles. The van der Waals surface area contributed by atoms with Crippen molar-refractivity contribution in [1.82, 2.24) is 20.0 Å². The van der Waals surface area contributed by atoms with Gasteiger partial charge in [-0.15, -0.1) is 0 Å². The SMILES string of the molecule is CC[C@H](C)NC(=O)CN1CC[C@H](c2cc3n(n2)[C@@H](C(F)(F)F)C[C@@H](C)N3)C1. The van der Waals surface area contributed by atoms with Crippen molar-refractivity contribution < 1.29 is 18.0 Å². The minimum absolute atomic E-state index is 0.0123. The first-order chi connectivity index (χ1) is 12.7. The molecule has 0 spiro atoms. The maximum absolute atomic E-state index is 13.4. The number of anilines is 1. The molecule has 0 bridgehead atoms. The lowest BCUT2D eigenvalue weighted by atomic mass is 10.0. The molecule has 3 rings (SSSR count). The van der Waals surface area contributed by atoms with Gasteiger partial charge in [0.05, 0.1) is 12.2 Å². The van der Waals surface area contributed by atoms with Crippen molar-refractivity contribution in [2.75, 3.05) is 25.0 Å². The summed E-state index contributed by atoms with van der Waals surface area (Å²) < 4.78 is 41.2. The van der Waals surface area contributed by atoms with E-state index in [1.807, 2.05) is 18.7 Å². The van der Waals surface area contributed by atoms with Crippen LogP contribution in [0.2, 0.25) is 0 Å². The Balaban J connectivity index is 1.66. The number of hydrogen-bond acceptors (Lipinski definition) is 4. The second-order valence-corrected chi connectivity index (χ2v) is 7.84. The number of rotatable bonds is 5. The minimum Gasteiger partial charge on any atom is -0.368 e. The molecule has 0 radical (unpaired) electrons. The Hall–Kier alpha value is -1.77. The first-order valence-electron chi connectivity index (χ1n) is 9.61. The summed E-state index contributed by atoms with van der Waals surface area (Å²) in [6.07, 6.45) is -2.67. The summed E-state index contributed by atoms with van der Waals surface area (Å²) in [5, 5.41) is 10.3. The molecule has 1 aromatic rings. The Morgan fingerprint density at radius 1 is 1.48 bits per heavy atom. The first kappa shape index (κ1) is 20.0. The molecular weight excluding hydrogens is 359 g/mol. The molecule has 1 aromatic heterocycles. The van der Waals surface area contributed by atoms with Gasteiger partial charge < -0.3 is 10.6 Å². The number of fused-ring (bicyclic) bond motifs is 1. The van der Waals surface area contributed by atoms with Crippen molar-refractivity contribution >= 4 is 11.7 Å². The highest BCUT2D eigenvalue weighted by atomic mass is 19.4. The molecule has 1 saturated heterocycles. The van der Waals surface area contributed by atoms with E-state index in [1.165, 1.54) is 0 Å². The summed E-state index contributed by atoms with van der Waals surface area (Å²) in [5.74, 6) is 0.464. The number of likely N-dealkylation sites (tertiary alicyclic amines) is 1. The zero-order valence-corrected chi connectivity index (χ0v) is 16.0. The van der Waals surface area contributed by atoms with E-state index in [0.717, 1.165) is 24.1 Å². The number of nitrogens with zero attached hydrogens (tertiary/aromatic N) is 3.